The number of fused-ring (bicyclic) bond motifs is 3. The van der Waals surface area contributed by atoms with Crippen molar-refractivity contribution < 1.29 is 4.74 Å². The van der Waals surface area contributed by atoms with Crippen LogP contribution in [0.3, 0.4) is 0 Å². The number of methoxy groups -OCH3 is 1. The molecule has 6 heteroatoms. The lowest BCUT2D eigenvalue weighted by Crippen LogP contribution is -2.00. The smallest absolute Gasteiger partial charge is 0.146 e. The Morgan fingerprint density at radius 3 is 2.67 bits per heavy atom. The predicted molar refractivity (Wildman–Crippen MR) is 99.8 cm³/mol. The summed E-state index contributed by atoms with van der Waals surface area (Å²) < 4.78 is 8.38. The Kier molecular flexibility index (Phi) is 3.90. The van der Waals surface area contributed by atoms with Crippen LogP contribution in [0, 0.1) is 0 Å². The van der Waals surface area contributed by atoms with E-state index in [1.165, 1.54) is 6.33 Å². The van der Waals surface area contributed by atoms with Crippen molar-refractivity contribution >= 4 is 49.5 Å². The average molecular weight is 403 g/mol. The van der Waals surface area contributed by atoms with Gasteiger partial charge in [0.25, 0.3) is 0 Å². The second-order valence-corrected chi connectivity index (χ2v) is 6.73. The highest BCUT2D eigenvalue weighted by atomic mass is 79.9. The first-order valence-electron chi connectivity index (χ1n) is 7.38. The molecule has 0 amide bonds. The van der Waals surface area contributed by atoms with Crippen molar-refractivity contribution in [3.8, 4) is 5.75 Å². The number of hydrogen-bond acceptors (Lipinski definition) is 3. The molecule has 0 aliphatic carbocycles. The minimum Gasteiger partial charge on any atom is -0.497 e. The molecule has 4 nitrogen and oxygen atoms in total. The Balaban J connectivity index is 1.93. The van der Waals surface area contributed by atoms with E-state index in [2.05, 4.69) is 54.7 Å². The van der Waals surface area contributed by atoms with Gasteiger partial charge in [-0.15, -0.1) is 0 Å². The number of rotatable bonds is 3. The third-order valence-electron chi connectivity index (χ3n) is 4.06. The third kappa shape index (κ3) is 2.54. The average Bonchev–Trinajstić information content (AvgIpc) is 2.90. The van der Waals surface area contributed by atoms with Crippen molar-refractivity contribution in [1.82, 2.24) is 14.5 Å². The van der Waals surface area contributed by atoms with E-state index in [4.69, 9.17) is 16.3 Å². The number of benzene rings is 2. The highest BCUT2D eigenvalue weighted by molar-refractivity contribution is 9.10. The van der Waals surface area contributed by atoms with Gasteiger partial charge in [0.15, 0.2) is 0 Å². The SMILES string of the molecule is COc1ccc(Cn2c3ccc(Br)cc3c3c(Cl)ncnc32)cc1. The Hall–Kier alpha value is -2.11. The van der Waals surface area contributed by atoms with Gasteiger partial charge in [-0.25, -0.2) is 9.97 Å². The first-order valence-corrected chi connectivity index (χ1v) is 8.55. The molecule has 2 heterocycles. The molecule has 0 unspecified atom stereocenters. The van der Waals surface area contributed by atoms with Crippen molar-refractivity contribution in [2.75, 3.05) is 7.11 Å². The van der Waals surface area contributed by atoms with Gasteiger partial charge in [-0.1, -0.05) is 39.7 Å². The van der Waals surface area contributed by atoms with Crippen LogP contribution < -0.4 is 4.74 Å². The van der Waals surface area contributed by atoms with E-state index in [0.29, 0.717) is 11.7 Å². The molecule has 2 aromatic heterocycles. The Morgan fingerprint density at radius 2 is 1.92 bits per heavy atom. The summed E-state index contributed by atoms with van der Waals surface area (Å²) in [6.45, 7) is 0.693. The monoisotopic (exact) mass is 401 g/mol. The molecule has 2 aromatic carbocycles. The van der Waals surface area contributed by atoms with Crippen LogP contribution in [-0.2, 0) is 6.54 Å². The van der Waals surface area contributed by atoms with Crippen molar-refractivity contribution in [2.24, 2.45) is 0 Å². The first kappa shape index (κ1) is 15.4. The normalized spacial score (nSPS) is 11.3. The first-order chi connectivity index (χ1) is 11.7. The van der Waals surface area contributed by atoms with Crippen LogP contribution in [0.2, 0.25) is 5.15 Å². The highest BCUT2D eigenvalue weighted by Gasteiger charge is 2.15. The number of aromatic nitrogens is 3. The Morgan fingerprint density at radius 1 is 1.12 bits per heavy atom. The lowest BCUT2D eigenvalue weighted by Gasteiger charge is -2.08. The third-order valence-corrected chi connectivity index (χ3v) is 4.83. The zero-order chi connectivity index (χ0) is 16.7. The minimum absolute atomic E-state index is 0.469. The molecule has 0 bridgehead atoms. The van der Waals surface area contributed by atoms with E-state index in [1.807, 2.05) is 18.2 Å². The van der Waals surface area contributed by atoms with Crippen molar-refractivity contribution in [2.45, 2.75) is 6.54 Å². The standard InChI is InChI=1S/C18H13BrClN3O/c1-24-13-5-2-11(3-6-13)9-23-15-7-4-12(19)8-14(15)16-17(20)21-10-22-18(16)23/h2-8,10H,9H2,1H3. The summed E-state index contributed by atoms with van der Waals surface area (Å²) in [7, 11) is 1.67. The lowest BCUT2D eigenvalue weighted by molar-refractivity contribution is 0.414. The van der Waals surface area contributed by atoms with Crippen molar-refractivity contribution in [3.63, 3.8) is 0 Å². The summed E-state index contributed by atoms with van der Waals surface area (Å²) in [5.41, 5.74) is 3.07. The molecule has 0 saturated carbocycles. The van der Waals surface area contributed by atoms with Gasteiger partial charge in [0.2, 0.25) is 0 Å². The van der Waals surface area contributed by atoms with Crippen LogP contribution in [0.4, 0.5) is 0 Å². The predicted octanol–water partition coefficient (Wildman–Crippen LogP) is 5.06. The zero-order valence-electron chi connectivity index (χ0n) is 12.8. The quantitative estimate of drug-likeness (QED) is 0.450. The van der Waals surface area contributed by atoms with E-state index in [0.717, 1.165) is 37.7 Å². The largest absolute Gasteiger partial charge is 0.497 e. The second-order valence-electron chi connectivity index (χ2n) is 5.46. The van der Waals surface area contributed by atoms with E-state index in [1.54, 1.807) is 7.11 Å². The Labute approximate surface area is 152 Å². The fourth-order valence-electron chi connectivity index (χ4n) is 2.92. The molecule has 0 saturated heterocycles. The van der Waals surface area contributed by atoms with Crippen LogP contribution in [0.25, 0.3) is 21.9 Å². The number of nitrogens with zero attached hydrogens (tertiary/aromatic N) is 3. The van der Waals surface area contributed by atoms with E-state index in [-0.39, 0.29) is 0 Å². The van der Waals surface area contributed by atoms with E-state index in [9.17, 15) is 0 Å². The fraction of sp³-hybridized carbons (Fsp3) is 0.111. The molecule has 0 atom stereocenters. The molecular formula is C18H13BrClN3O. The van der Waals surface area contributed by atoms with Crippen molar-refractivity contribution in [3.05, 3.63) is 64.0 Å². The molecular weight excluding hydrogens is 390 g/mol. The van der Waals surface area contributed by atoms with Gasteiger partial charge in [0.1, 0.15) is 22.9 Å². The topological polar surface area (TPSA) is 39.9 Å². The molecule has 0 radical (unpaired) electrons. The van der Waals surface area contributed by atoms with Crippen LogP contribution in [0.5, 0.6) is 5.75 Å². The summed E-state index contributed by atoms with van der Waals surface area (Å²) in [6, 6.07) is 14.2. The van der Waals surface area contributed by atoms with Gasteiger partial charge in [-0.2, -0.15) is 0 Å². The molecule has 0 spiro atoms. The van der Waals surface area contributed by atoms with Crippen LogP contribution >= 0.6 is 27.5 Å². The maximum absolute atomic E-state index is 6.35. The highest BCUT2D eigenvalue weighted by Crippen LogP contribution is 2.34. The minimum atomic E-state index is 0.469. The number of hydrogen-bond donors (Lipinski definition) is 0. The van der Waals surface area contributed by atoms with E-state index < -0.39 is 0 Å². The van der Waals surface area contributed by atoms with Crippen molar-refractivity contribution in [1.29, 1.82) is 0 Å². The molecule has 0 N–H and O–H groups in total. The van der Waals surface area contributed by atoms with Crippen LogP contribution in [-0.4, -0.2) is 21.6 Å². The number of halogens is 2. The fourth-order valence-corrected chi connectivity index (χ4v) is 3.51. The van der Waals surface area contributed by atoms with Crippen LogP contribution in [0.15, 0.2) is 53.3 Å². The zero-order valence-corrected chi connectivity index (χ0v) is 15.2. The molecule has 4 aromatic rings. The van der Waals surface area contributed by atoms with Gasteiger partial charge in [0, 0.05) is 16.4 Å². The summed E-state index contributed by atoms with van der Waals surface area (Å²) in [6.07, 6.45) is 1.50. The Bertz CT molecular complexity index is 1040. The second kappa shape index (κ2) is 6.07. The van der Waals surface area contributed by atoms with E-state index >= 15 is 0 Å². The molecule has 0 aliphatic heterocycles. The van der Waals surface area contributed by atoms with Crippen LogP contribution in [0.1, 0.15) is 5.56 Å². The van der Waals surface area contributed by atoms with Gasteiger partial charge in [-0.3, -0.25) is 0 Å². The molecule has 0 aliphatic rings. The number of ether oxygens (including phenoxy) is 1. The van der Waals surface area contributed by atoms with Gasteiger partial charge < -0.3 is 9.30 Å². The molecule has 24 heavy (non-hydrogen) atoms. The summed E-state index contributed by atoms with van der Waals surface area (Å²) in [5, 5.41) is 2.39. The van der Waals surface area contributed by atoms with Gasteiger partial charge >= 0.3 is 0 Å². The maximum Gasteiger partial charge on any atom is 0.146 e. The maximum atomic E-state index is 6.35. The molecule has 4 rings (SSSR count). The summed E-state index contributed by atoms with van der Waals surface area (Å²) in [4.78, 5) is 8.61. The molecule has 120 valence electrons. The van der Waals surface area contributed by atoms with Gasteiger partial charge in [0.05, 0.1) is 18.0 Å². The summed E-state index contributed by atoms with van der Waals surface area (Å²) in [5.74, 6) is 0.843. The molecule has 0 fully saturated rings. The lowest BCUT2D eigenvalue weighted by atomic mass is 10.2. The van der Waals surface area contributed by atoms with Gasteiger partial charge in [-0.05, 0) is 35.9 Å². The summed E-state index contributed by atoms with van der Waals surface area (Å²) >= 11 is 9.88.